The summed E-state index contributed by atoms with van der Waals surface area (Å²) in [6.07, 6.45) is 0. The summed E-state index contributed by atoms with van der Waals surface area (Å²) < 4.78 is 0. The molecule has 16 heavy (non-hydrogen) atoms. The van der Waals surface area contributed by atoms with Crippen LogP contribution in [-0.4, -0.2) is 21.1 Å². The van der Waals surface area contributed by atoms with Gasteiger partial charge in [-0.3, -0.25) is 0 Å². The van der Waals surface area contributed by atoms with Crippen LogP contribution >= 0.6 is 0 Å². The SMILES string of the molecule is C[NH2+]c1ccc(N(C)C)c2cccc(C)c12. The standard InChI is InChI=1S/C14H18N2/c1-10-6-5-7-11-13(16(3)4)9-8-12(15-2)14(10)11/h5-9,15H,1-4H3/p+1. The number of nitrogens with zero attached hydrogens (tertiary/aromatic N) is 1. The van der Waals surface area contributed by atoms with Crippen molar-refractivity contribution in [3.8, 4) is 0 Å². The number of fused-ring (bicyclic) bond motifs is 1. The maximum Gasteiger partial charge on any atom is 0.137 e. The Balaban J connectivity index is 2.85. The fourth-order valence-electron chi connectivity index (χ4n) is 2.24. The fraction of sp³-hybridized carbons (Fsp3) is 0.286. The molecule has 0 saturated heterocycles. The maximum atomic E-state index is 2.20. The van der Waals surface area contributed by atoms with Crippen molar-refractivity contribution in [2.75, 3.05) is 26.0 Å². The molecule has 0 aliphatic rings. The summed E-state index contributed by atoms with van der Waals surface area (Å²) in [5.74, 6) is 0. The Labute approximate surface area is 96.9 Å². The number of aryl methyl sites for hydroxylation is 1. The van der Waals surface area contributed by atoms with Crippen molar-refractivity contribution in [2.45, 2.75) is 6.92 Å². The molecule has 0 amide bonds. The monoisotopic (exact) mass is 215 g/mol. The van der Waals surface area contributed by atoms with Crippen LogP contribution in [0.4, 0.5) is 11.4 Å². The normalized spacial score (nSPS) is 10.8. The van der Waals surface area contributed by atoms with E-state index in [1.54, 1.807) is 0 Å². The van der Waals surface area contributed by atoms with E-state index in [1.165, 1.54) is 27.7 Å². The Morgan fingerprint density at radius 3 is 2.44 bits per heavy atom. The van der Waals surface area contributed by atoms with Crippen molar-refractivity contribution in [3.05, 3.63) is 35.9 Å². The molecule has 2 nitrogen and oxygen atoms in total. The highest BCUT2D eigenvalue weighted by Gasteiger charge is 2.10. The van der Waals surface area contributed by atoms with Gasteiger partial charge >= 0.3 is 0 Å². The minimum absolute atomic E-state index is 1.28. The van der Waals surface area contributed by atoms with Gasteiger partial charge in [-0.1, -0.05) is 18.2 Å². The van der Waals surface area contributed by atoms with Crippen LogP contribution in [0.5, 0.6) is 0 Å². The summed E-state index contributed by atoms with van der Waals surface area (Å²) in [7, 11) is 6.27. The zero-order valence-corrected chi connectivity index (χ0v) is 10.4. The van der Waals surface area contributed by atoms with E-state index in [2.05, 4.69) is 68.6 Å². The molecule has 0 aliphatic heterocycles. The molecule has 0 aromatic heterocycles. The molecule has 2 rings (SSSR count). The van der Waals surface area contributed by atoms with E-state index in [-0.39, 0.29) is 0 Å². The zero-order chi connectivity index (χ0) is 11.7. The highest BCUT2D eigenvalue weighted by atomic mass is 15.1. The van der Waals surface area contributed by atoms with E-state index in [0.29, 0.717) is 0 Å². The van der Waals surface area contributed by atoms with Gasteiger partial charge in [0.15, 0.2) is 0 Å². The summed E-state index contributed by atoms with van der Waals surface area (Å²) in [6, 6.07) is 10.9. The van der Waals surface area contributed by atoms with Crippen molar-refractivity contribution in [3.63, 3.8) is 0 Å². The number of anilines is 1. The Bertz CT molecular complexity index is 515. The Morgan fingerprint density at radius 2 is 1.81 bits per heavy atom. The topological polar surface area (TPSA) is 19.9 Å². The van der Waals surface area contributed by atoms with Gasteiger partial charge in [0.25, 0.3) is 0 Å². The Kier molecular flexibility index (Phi) is 2.84. The number of benzene rings is 2. The number of rotatable bonds is 2. The van der Waals surface area contributed by atoms with E-state index in [9.17, 15) is 0 Å². The van der Waals surface area contributed by atoms with Crippen LogP contribution in [-0.2, 0) is 0 Å². The van der Waals surface area contributed by atoms with Crippen LogP contribution in [0.15, 0.2) is 30.3 Å². The minimum Gasteiger partial charge on any atom is -0.377 e. The molecule has 84 valence electrons. The van der Waals surface area contributed by atoms with Gasteiger partial charge < -0.3 is 10.2 Å². The van der Waals surface area contributed by atoms with Crippen molar-refractivity contribution in [2.24, 2.45) is 0 Å². The Morgan fingerprint density at radius 1 is 1.06 bits per heavy atom. The summed E-state index contributed by atoms with van der Waals surface area (Å²) >= 11 is 0. The van der Waals surface area contributed by atoms with Crippen molar-refractivity contribution in [1.29, 1.82) is 0 Å². The summed E-state index contributed by atoms with van der Waals surface area (Å²) in [4.78, 5) is 2.17. The van der Waals surface area contributed by atoms with Crippen LogP contribution in [0.2, 0.25) is 0 Å². The lowest BCUT2D eigenvalue weighted by molar-refractivity contribution is -0.537. The molecule has 2 aromatic carbocycles. The van der Waals surface area contributed by atoms with Crippen LogP contribution in [0, 0.1) is 6.92 Å². The molecule has 2 N–H and O–H groups in total. The molecule has 2 aromatic rings. The number of hydrogen-bond acceptors (Lipinski definition) is 1. The molecular weight excluding hydrogens is 196 g/mol. The molecule has 0 spiro atoms. The number of quaternary nitrogens is 1. The molecule has 0 heterocycles. The second kappa shape index (κ2) is 4.14. The van der Waals surface area contributed by atoms with Crippen molar-refractivity contribution in [1.82, 2.24) is 0 Å². The minimum atomic E-state index is 1.28. The molecule has 0 bridgehead atoms. The van der Waals surface area contributed by atoms with E-state index >= 15 is 0 Å². The first-order chi connectivity index (χ1) is 7.65. The summed E-state index contributed by atoms with van der Waals surface area (Å²) in [5, 5.41) is 4.88. The zero-order valence-electron chi connectivity index (χ0n) is 10.4. The predicted octanol–water partition coefficient (Wildman–Crippen LogP) is 2.04. The first-order valence-corrected chi connectivity index (χ1v) is 5.64. The van der Waals surface area contributed by atoms with E-state index < -0.39 is 0 Å². The highest BCUT2D eigenvalue weighted by Crippen LogP contribution is 2.31. The third kappa shape index (κ3) is 1.65. The molecule has 2 heteroatoms. The first-order valence-electron chi connectivity index (χ1n) is 5.64. The highest BCUT2D eigenvalue weighted by molar-refractivity contribution is 6.01. The van der Waals surface area contributed by atoms with Gasteiger partial charge in [-0.05, 0) is 18.6 Å². The lowest BCUT2D eigenvalue weighted by Gasteiger charge is -2.17. The Hall–Kier alpha value is -1.54. The van der Waals surface area contributed by atoms with Crippen LogP contribution < -0.4 is 10.2 Å². The third-order valence-corrected chi connectivity index (χ3v) is 3.05. The van der Waals surface area contributed by atoms with Crippen LogP contribution in [0.25, 0.3) is 10.8 Å². The van der Waals surface area contributed by atoms with E-state index in [4.69, 9.17) is 0 Å². The molecule has 0 aliphatic carbocycles. The average molecular weight is 215 g/mol. The molecule has 0 fully saturated rings. The molecule has 0 radical (unpaired) electrons. The number of hydrogen-bond donors (Lipinski definition) is 1. The first kappa shape index (κ1) is 11.0. The van der Waals surface area contributed by atoms with Gasteiger partial charge in [-0.25, -0.2) is 0 Å². The average Bonchev–Trinajstić information content (AvgIpc) is 2.27. The van der Waals surface area contributed by atoms with E-state index in [1.807, 2.05) is 0 Å². The fourth-order valence-corrected chi connectivity index (χ4v) is 2.24. The summed E-state index contributed by atoms with van der Waals surface area (Å²) in [5.41, 5.74) is 3.94. The third-order valence-electron chi connectivity index (χ3n) is 3.05. The lowest BCUT2D eigenvalue weighted by atomic mass is 10.0. The molecule has 0 saturated carbocycles. The van der Waals surface area contributed by atoms with Gasteiger partial charge in [-0.2, -0.15) is 0 Å². The van der Waals surface area contributed by atoms with Gasteiger partial charge in [0.1, 0.15) is 5.69 Å². The van der Waals surface area contributed by atoms with Gasteiger partial charge in [0, 0.05) is 36.6 Å². The van der Waals surface area contributed by atoms with Crippen molar-refractivity contribution >= 4 is 22.1 Å². The van der Waals surface area contributed by atoms with Crippen LogP contribution in [0.1, 0.15) is 5.56 Å². The van der Waals surface area contributed by atoms with E-state index in [0.717, 1.165) is 0 Å². The second-order valence-corrected chi connectivity index (χ2v) is 4.35. The quantitative estimate of drug-likeness (QED) is 0.760. The number of nitrogens with two attached hydrogens (primary N) is 1. The second-order valence-electron chi connectivity index (χ2n) is 4.35. The molecular formula is C14H19N2+. The molecule has 0 atom stereocenters. The van der Waals surface area contributed by atoms with Crippen molar-refractivity contribution < 1.29 is 5.32 Å². The predicted molar refractivity (Wildman–Crippen MR) is 70.5 cm³/mol. The van der Waals surface area contributed by atoms with Gasteiger partial charge in [0.2, 0.25) is 0 Å². The lowest BCUT2D eigenvalue weighted by Crippen LogP contribution is -2.72. The van der Waals surface area contributed by atoms with Crippen LogP contribution in [0.3, 0.4) is 0 Å². The summed E-state index contributed by atoms with van der Waals surface area (Å²) in [6.45, 7) is 2.18. The largest absolute Gasteiger partial charge is 0.377 e. The van der Waals surface area contributed by atoms with Gasteiger partial charge in [-0.15, -0.1) is 0 Å². The maximum absolute atomic E-state index is 2.20. The van der Waals surface area contributed by atoms with Gasteiger partial charge in [0.05, 0.1) is 7.05 Å². The smallest absolute Gasteiger partial charge is 0.137 e. The molecule has 0 unspecified atom stereocenters.